The van der Waals surface area contributed by atoms with Gasteiger partial charge in [-0.3, -0.25) is 0 Å². The van der Waals surface area contributed by atoms with Crippen LogP contribution in [0, 0.1) is 13.8 Å². The van der Waals surface area contributed by atoms with E-state index >= 15 is 0 Å². The van der Waals surface area contributed by atoms with Crippen molar-refractivity contribution in [3.8, 4) is 0 Å². The summed E-state index contributed by atoms with van der Waals surface area (Å²) in [7, 11) is 0. The van der Waals surface area contributed by atoms with Gasteiger partial charge in [0.2, 0.25) is 0 Å². The van der Waals surface area contributed by atoms with E-state index in [9.17, 15) is 9.59 Å². The van der Waals surface area contributed by atoms with Crippen LogP contribution >= 0.6 is 0 Å². The molecule has 148 valence electrons. The summed E-state index contributed by atoms with van der Waals surface area (Å²) >= 11 is 0. The van der Waals surface area contributed by atoms with Crippen LogP contribution in [0.15, 0.2) is 42.5 Å². The van der Waals surface area contributed by atoms with Crippen LogP contribution < -0.4 is 10.2 Å². The van der Waals surface area contributed by atoms with E-state index in [0.717, 1.165) is 35.6 Å². The monoisotopic (exact) mass is 381 g/mol. The number of rotatable bonds is 4. The molecular formula is C22H27N3O3. The lowest BCUT2D eigenvalue weighted by Crippen LogP contribution is -2.50. The molecule has 0 spiro atoms. The van der Waals surface area contributed by atoms with Crippen LogP contribution in [0.25, 0.3) is 0 Å². The van der Waals surface area contributed by atoms with Crippen LogP contribution in [0.3, 0.4) is 0 Å². The lowest BCUT2D eigenvalue weighted by molar-refractivity contribution is 0.0526. The number of esters is 1. The Labute approximate surface area is 166 Å². The number of piperazine rings is 1. The minimum Gasteiger partial charge on any atom is -0.462 e. The van der Waals surface area contributed by atoms with E-state index in [1.165, 1.54) is 0 Å². The van der Waals surface area contributed by atoms with Gasteiger partial charge in [-0.15, -0.1) is 0 Å². The van der Waals surface area contributed by atoms with Gasteiger partial charge in [0, 0.05) is 37.6 Å². The second kappa shape index (κ2) is 8.78. The SMILES string of the molecule is CCOC(=O)c1ccc(N2CCN(C(=O)Nc3cc(C)ccc3C)CC2)cc1. The highest BCUT2D eigenvalue weighted by molar-refractivity contribution is 5.91. The summed E-state index contributed by atoms with van der Waals surface area (Å²) in [6, 6.07) is 13.4. The molecule has 2 aromatic rings. The zero-order chi connectivity index (χ0) is 20.1. The normalized spacial score (nSPS) is 14.0. The molecule has 28 heavy (non-hydrogen) atoms. The van der Waals surface area contributed by atoms with Crippen LogP contribution in [0.5, 0.6) is 0 Å². The van der Waals surface area contributed by atoms with E-state index in [1.807, 2.05) is 49.1 Å². The van der Waals surface area contributed by atoms with Crippen molar-refractivity contribution in [1.29, 1.82) is 0 Å². The summed E-state index contributed by atoms with van der Waals surface area (Å²) < 4.78 is 5.01. The Morgan fingerprint density at radius 2 is 1.68 bits per heavy atom. The van der Waals surface area contributed by atoms with Gasteiger partial charge in [-0.2, -0.15) is 0 Å². The number of anilines is 2. The Balaban J connectivity index is 1.56. The van der Waals surface area contributed by atoms with Gasteiger partial charge in [0.25, 0.3) is 0 Å². The molecule has 6 nitrogen and oxygen atoms in total. The molecule has 0 saturated carbocycles. The molecule has 0 atom stereocenters. The highest BCUT2D eigenvalue weighted by atomic mass is 16.5. The molecule has 1 aliphatic heterocycles. The van der Waals surface area contributed by atoms with Crippen molar-refractivity contribution in [3.05, 3.63) is 59.2 Å². The maximum atomic E-state index is 12.6. The summed E-state index contributed by atoms with van der Waals surface area (Å²) in [5.74, 6) is -0.304. The van der Waals surface area contributed by atoms with E-state index in [-0.39, 0.29) is 12.0 Å². The molecule has 2 aromatic carbocycles. The number of benzene rings is 2. The smallest absolute Gasteiger partial charge is 0.338 e. The summed E-state index contributed by atoms with van der Waals surface area (Å²) in [4.78, 5) is 28.4. The number of nitrogens with one attached hydrogen (secondary N) is 1. The third-order valence-corrected chi connectivity index (χ3v) is 4.95. The van der Waals surface area contributed by atoms with Crippen LogP contribution in [0.1, 0.15) is 28.4 Å². The van der Waals surface area contributed by atoms with Gasteiger partial charge in [-0.1, -0.05) is 12.1 Å². The van der Waals surface area contributed by atoms with E-state index in [4.69, 9.17) is 4.74 Å². The molecule has 1 N–H and O–H groups in total. The Kier molecular flexibility index (Phi) is 6.19. The number of nitrogens with zero attached hydrogens (tertiary/aromatic N) is 2. The quantitative estimate of drug-likeness (QED) is 0.818. The summed E-state index contributed by atoms with van der Waals surface area (Å²) in [5, 5.41) is 3.02. The molecule has 1 saturated heterocycles. The van der Waals surface area contributed by atoms with Crippen molar-refractivity contribution in [2.45, 2.75) is 20.8 Å². The Bertz CT molecular complexity index is 841. The first-order valence-electron chi connectivity index (χ1n) is 9.63. The third kappa shape index (κ3) is 4.63. The van der Waals surface area contributed by atoms with Crippen molar-refractivity contribution < 1.29 is 14.3 Å². The van der Waals surface area contributed by atoms with Crippen LogP contribution in [-0.2, 0) is 4.74 Å². The van der Waals surface area contributed by atoms with Crippen LogP contribution in [0.4, 0.5) is 16.2 Å². The lowest BCUT2D eigenvalue weighted by atomic mass is 10.1. The van der Waals surface area contributed by atoms with E-state index in [2.05, 4.69) is 10.2 Å². The predicted octanol–water partition coefficient (Wildman–Crippen LogP) is 3.83. The van der Waals surface area contributed by atoms with Crippen LogP contribution in [-0.4, -0.2) is 49.7 Å². The minimum atomic E-state index is -0.304. The fourth-order valence-electron chi connectivity index (χ4n) is 3.26. The number of urea groups is 1. The molecule has 3 rings (SSSR count). The summed E-state index contributed by atoms with van der Waals surface area (Å²) in [5.41, 5.74) is 4.64. The van der Waals surface area contributed by atoms with Crippen LogP contribution in [0.2, 0.25) is 0 Å². The lowest BCUT2D eigenvalue weighted by Gasteiger charge is -2.36. The van der Waals surface area contributed by atoms with Crippen molar-refractivity contribution in [2.24, 2.45) is 0 Å². The average molecular weight is 381 g/mol. The van der Waals surface area contributed by atoms with Gasteiger partial charge in [0.05, 0.1) is 12.2 Å². The van der Waals surface area contributed by atoms with Crippen molar-refractivity contribution in [1.82, 2.24) is 4.90 Å². The third-order valence-electron chi connectivity index (χ3n) is 4.95. The first-order chi connectivity index (χ1) is 13.5. The van der Waals surface area contributed by atoms with Gasteiger partial charge in [0.15, 0.2) is 0 Å². The first kappa shape index (κ1) is 19.7. The van der Waals surface area contributed by atoms with E-state index < -0.39 is 0 Å². The van der Waals surface area contributed by atoms with Gasteiger partial charge in [-0.05, 0) is 62.2 Å². The maximum absolute atomic E-state index is 12.6. The number of amides is 2. The van der Waals surface area contributed by atoms with Crippen molar-refractivity contribution >= 4 is 23.4 Å². The van der Waals surface area contributed by atoms with Crippen molar-refractivity contribution in [2.75, 3.05) is 43.0 Å². The second-order valence-electron chi connectivity index (χ2n) is 6.99. The molecule has 1 fully saturated rings. The average Bonchev–Trinajstić information content (AvgIpc) is 2.71. The maximum Gasteiger partial charge on any atom is 0.338 e. The molecular weight excluding hydrogens is 354 g/mol. The van der Waals surface area contributed by atoms with Gasteiger partial charge in [0.1, 0.15) is 0 Å². The molecule has 0 radical (unpaired) electrons. The summed E-state index contributed by atoms with van der Waals surface area (Å²) in [6.07, 6.45) is 0. The molecule has 0 unspecified atom stereocenters. The molecule has 6 heteroatoms. The first-order valence-corrected chi connectivity index (χ1v) is 9.63. The van der Waals surface area contributed by atoms with E-state index in [0.29, 0.717) is 25.3 Å². The standard InChI is InChI=1S/C22H27N3O3/c1-4-28-21(26)18-7-9-19(10-8-18)24-11-13-25(14-12-24)22(27)23-20-15-16(2)5-6-17(20)3/h5-10,15H,4,11-14H2,1-3H3,(H,23,27). The number of aryl methyl sites for hydroxylation is 2. The largest absolute Gasteiger partial charge is 0.462 e. The Morgan fingerprint density at radius 1 is 1.00 bits per heavy atom. The summed E-state index contributed by atoms with van der Waals surface area (Å²) in [6.45, 7) is 8.97. The fraction of sp³-hybridized carbons (Fsp3) is 0.364. The van der Waals surface area contributed by atoms with Gasteiger partial charge in [-0.25, -0.2) is 9.59 Å². The molecule has 0 bridgehead atoms. The molecule has 1 heterocycles. The predicted molar refractivity (Wildman–Crippen MR) is 111 cm³/mol. The Hall–Kier alpha value is -3.02. The molecule has 0 aliphatic carbocycles. The van der Waals surface area contributed by atoms with Gasteiger partial charge < -0.3 is 19.9 Å². The zero-order valence-electron chi connectivity index (χ0n) is 16.7. The minimum absolute atomic E-state index is 0.0639. The number of carbonyl (C=O) groups is 2. The highest BCUT2D eigenvalue weighted by Crippen LogP contribution is 2.20. The molecule has 1 aliphatic rings. The fourth-order valence-corrected chi connectivity index (χ4v) is 3.26. The number of hydrogen-bond acceptors (Lipinski definition) is 4. The zero-order valence-corrected chi connectivity index (χ0v) is 16.7. The molecule has 0 aromatic heterocycles. The van der Waals surface area contributed by atoms with E-state index in [1.54, 1.807) is 19.1 Å². The van der Waals surface area contributed by atoms with Gasteiger partial charge >= 0.3 is 12.0 Å². The number of carbonyl (C=O) groups excluding carboxylic acids is 2. The Morgan fingerprint density at radius 3 is 2.32 bits per heavy atom. The highest BCUT2D eigenvalue weighted by Gasteiger charge is 2.22. The number of hydrogen-bond donors (Lipinski definition) is 1. The number of ether oxygens (including phenoxy) is 1. The van der Waals surface area contributed by atoms with Crippen molar-refractivity contribution in [3.63, 3.8) is 0 Å². The molecule has 2 amide bonds. The topological polar surface area (TPSA) is 61.9 Å². The second-order valence-corrected chi connectivity index (χ2v) is 6.99.